The van der Waals surface area contributed by atoms with Crippen LogP contribution < -0.4 is 42.7 Å². The molecular weight excluding hydrogens is 953 g/mol. The van der Waals surface area contributed by atoms with Crippen LogP contribution in [0.2, 0.25) is 0 Å². The average Bonchev–Trinajstić information content (AvgIpc) is 3.37. The van der Waals surface area contributed by atoms with Gasteiger partial charge >= 0.3 is 12.4 Å². The Balaban J connectivity index is 0.000000219. The second-order valence-corrected chi connectivity index (χ2v) is 14.4. The first-order chi connectivity index (χ1) is 34.1. The van der Waals surface area contributed by atoms with Gasteiger partial charge in [0.2, 0.25) is 17.8 Å². The molecule has 0 bridgehead atoms. The minimum Gasteiger partial charge on any atom is -0.481 e. The van der Waals surface area contributed by atoms with E-state index in [1.165, 1.54) is 43.9 Å². The van der Waals surface area contributed by atoms with Crippen molar-refractivity contribution in [2.24, 2.45) is 10.9 Å². The predicted molar refractivity (Wildman–Crippen MR) is 262 cm³/mol. The first kappa shape index (κ1) is 54.0. The van der Waals surface area contributed by atoms with Crippen LogP contribution in [0.1, 0.15) is 35.4 Å². The van der Waals surface area contributed by atoms with Gasteiger partial charge in [0, 0.05) is 30.5 Å². The monoisotopic (exact) mass is 998 g/mol. The molecule has 8 N–H and O–H groups in total. The lowest BCUT2D eigenvalue weighted by molar-refractivity contribution is -0.138. The van der Waals surface area contributed by atoms with Crippen molar-refractivity contribution in [3.63, 3.8) is 0 Å². The van der Waals surface area contributed by atoms with Crippen molar-refractivity contribution in [2.45, 2.75) is 32.9 Å². The van der Waals surface area contributed by atoms with E-state index in [4.69, 9.17) is 10.6 Å². The van der Waals surface area contributed by atoms with Gasteiger partial charge in [-0.05, 0) is 65.7 Å². The fourth-order valence-electron chi connectivity index (χ4n) is 5.84. The summed E-state index contributed by atoms with van der Waals surface area (Å²) in [5.74, 6) is 4.89. The number of hydrazone groups is 1. The molecule has 23 heteroatoms. The van der Waals surface area contributed by atoms with Crippen LogP contribution in [0, 0.1) is 11.6 Å². The van der Waals surface area contributed by atoms with Gasteiger partial charge in [-0.1, -0.05) is 80.2 Å². The van der Waals surface area contributed by atoms with Crippen LogP contribution in [-0.2, 0) is 25.4 Å². The summed E-state index contributed by atoms with van der Waals surface area (Å²) in [5, 5.41) is 15.5. The number of hydrogen-bond acceptors (Lipinski definition) is 15. The van der Waals surface area contributed by atoms with E-state index >= 15 is 0 Å². The first-order valence-corrected chi connectivity index (χ1v) is 20.9. The zero-order valence-corrected chi connectivity index (χ0v) is 37.1. The molecule has 8 aromatic rings. The standard InChI is InChI=1S/C24H19F4N7.C13H11F3N2O.C11H12FN5.CH4/c25-21-15-31-23(34-22(21)30-12-16-5-2-1-3-6-16)35-32-14-19-9-10-20(13-29-19)33-18-8-4-7-17(11-18)24(26,27)28;1-19-12-6-5-11(8-17-12)18-10-4-2-3-9(7-10)13(14,15)16;12-9-7-15-11(17-13)16-10(9)14-6-8-4-2-1-3-5-8;/h1-11,13-15,33H,12H2,(H2,30,31,34,35);2-8,18H,1H3;1-5,7H,6,13H2,(H2,14,15,16,17);1H4/b32-14+;;;. The highest BCUT2D eigenvalue weighted by molar-refractivity contribution is 5.78. The Morgan fingerprint density at radius 1 is 0.556 bits per heavy atom. The zero-order chi connectivity index (χ0) is 50.6. The van der Waals surface area contributed by atoms with Gasteiger partial charge in [-0.15, -0.1) is 0 Å². The van der Waals surface area contributed by atoms with Crippen molar-refractivity contribution in [3.8, 4) is 5.88 Å². The van der Waals surface area contributed by atoms with Gasteiger partial charge in [-0.2, -0.15) is 41.4 Å². The third kappa shape index (κ3) is 17.2. The maximum Gasteiger partial charge on any atom is 0.416 e. The number of nitrogens with one attached hydrogen (secondary N) is 6. The molecule has 15 nitrogen and oxygen atoms in total. The number of aromatic nitrogens is 6. The Labute approximate surface area is 408 Å². The number of rotatable bonds is 15. The lowest BCUT2D eigenvalue weighted by atomic mass is 10.2. The molecule has 72 heavy (non-hydrogen) atoms. The number of pyridine rings is 2. The van der Waals surface area contributed by atoms with Crippen molar-refractivity contribution < 1.29 is 39.9 Å². The maximum absolute atomic E-state index is 14.0. The van der Waals surface area contributed by atoms with Gasteiger partial charge < -0.3 is 26.0 Å². The summed E-state index contributed by atoms with van der Waals surface area (Å²) in [4.78, 5) is 23.6. The number of halogens is 8. The summed E-state index contributed by atoms with van der Waals surface area (Å²) in [7, 11) is 1.49. The molecule has 0 amide bonds. The Hall–Kier alpha value is -8.99. The number of hydrogen-bond donors (Lipinski definition) is 7. The van der Waals surface area contributed by atoms with Crippen LogP contribution in [0.25, 0.3) is 0 Å². The van der Waals surface area contributed by atoms with Crippen molar-refractivity contribution in [2.75, 3.05) is 39.2 Å². The molecule has 0 spiro atoms. The topological polar surface area (TPSA) is 197 Å². The van der Waals surface area contributed by atoms with E-state index in [0.29, 0.717) is 41.7 Å². The Morgan fingerprint density at radius 2 is 1.04 bits per heavy atom. The number of nitrogens with zero attached hydrogens (tertiary/aromatic N) is 7. The summed E-state index contributed by atoms with van der Waals surface area (Å²) >= 11 is 0. The lowest BCUT2D eigenvalue weighted by Crippen LogP contribution is -2.12. The predicted octanol–water partition coefficient (Wildman–Crippen LogP) is 11.8. The smallest absolute Gasteiger partial charge is 0.416 e. The molecular formula is C49H46F8N14O. The SMILES string of the molecule is C.COc1ccc(Nc2cccc(C(F)(F)F)c2)cn1.Fc1cnc(N/N=C/c2ccc(Nc3cccc(C(F)(F)F)c3)cn2)nc1NCc1ccccc1.NNc1ncc(F)c(NCc2ccccc2)n1. The molecule has 0 aliphatic rings. The molecule has 0 fully saturated rings. The molecule has 0 atom stereocenters. The van der Waals surface area contributed by atoms with E-state index < -0.39 is 35.1 Å². The third-order valence-electron chi connectivity index (χ3n) is 9.27. The Kier molecular flexibility index (Phi) is 19.6. The summed E-state index contributed by atoms with van der Waals surface area (Å²) in [6.45, 7) is 0.876. The van der Waals surface area contributed by atoms with Crippen LogP contribution in [0.3, 0.4) is 0 Å². The van der Waals surface area contributed by atoms with Crippen molar-refractivity contribution in [1.29, 1.82) is 0 Å². The van der Waals surface area contributed by atoms with Crippen molar-refractivity contribution >= 4 is 52.5 Å². The summed E-state index contributed by atoms with van der Waals surface area (Å²) in [6, 6.07) is 35.5. The summed E-state index contributed by atoms with van der Waals surface area (Å²) in [6.07, 6.45) is -2.33. The van der Waals surface area contributed by atoms with Crippen LogP contribution >= 0.6 is 0 Å². The fourth-order valence-corrected chi connectivity index (χ4v) is 5.84. The van der Waals surface area contributed by atoms with Crippen molar-refractivity contribution in [1.82, 2.24) is 29.9 Å². The molecule has 0 unspecified atom stereocenters. The molecule has 4 aromatic heterocycles. The summed E-state index contributed by atoms with van der Waals surface area (Å²) < 4.78 is 108. The third-order valence-corrected chi connectivity index (χ3v) is 9.27. The minimum atomic E-state index is -4.42. The Bertz CT molecular complexity index is 2930. The number of anilines is 8. The molecule has 0 radical (unpaired) electrons. The quantitative estimate of drug-likeness (QED) is 0.0222. The van der Waals surface area contributed by atoms with Gasteiger partial charge in [0.05, 0.1) is 66.3 Å². The fraction of sp³-hybridized carbons (Fsp3) is 0.122. The van der Waals surface area contributed by atoms with Gasteiger partial charge in [0.1, 0.15) is 0 Å². The van der Waals surface area contributed by atoms with E-state index in [-0.39, 0.29) is 36.6 Å². The first-order valence-electron chi connectivity index (χ1n) is 20.9. The number of ether oxygens (including phenoxy) is 1. The van der Waals surface area contributed by atoms with Gasteiger partial charge in [-0.25, -0.2) is 35.0 Å². The summed E-state index contributed by atoms with van der Waals surface area (Å²) in [5.41, 5.74) is 7.63. The number of nitrogen functional groups attached to an aromatic ring is 1. The lowest BCUT2D eigenvalue weighted by Gasteiger charge is -2.10. The minimum absolute atomic E-state index is 0. The van der Waals surface area contributed by atoms with Crippen LogP contribution in [0.15, 0.2) is 163 Å². The molecule has 0 saturated carbocycles. The van der Waals surface area contributed by atoms with Gasteiger partial charge in [0.15, 0.2) is 23.3 Å². The van der Waals surface area contributed by atoms with Crippen LogP contribution in [0.4, 0.5) is 81.4 Å². The molecule has 0 saturated heterocycles. The van der Waals surface area contributed by atoms with E-state index in [1.807, 2.05) is 60.7 Å². The zero-order valence-electron chi connectivity index (χ0n) is 37.1. The van der Waals surface area contributed by atoms with E-state index in [1.54, 1.807) is 30.3 Å². The second-order valence-electron chi connectivity index (χ2n) is 14.4. The van der Waals surface area contributed by atoms with E-state index in [9.17, 15) is 35.1 Å². The number of benzene rings is 4. The number of alkyl halides is 6. The number of nitrogens with two attached hydrogens (primary N) is 1. The van der Waals surface area contributed by atoms with E-state index in [2.05, 4.69) is 67.1 Å². The second kappa shape index (κ2) is 26.1. The number of methoxy groups -OCH3 is 1. The molecule has 4 heterocycles. The Morgan fingerprint density at radius 3 is 1.49 bits per heavy atom. The molecule has 0 aliphatic carbocycles. The highest BCUT2D eigenvalue weighted by atomic mass is 19.4. The molecule has 8 rings (SSSR count). The average molecular weight is 999 g/mol. The van der Waals surface area contributed by atoms with Gasteiger partial charge in [-0.3, -0.25) is 10.4 Å². The highest BCUT2D eigenvalue weighted by Crippen LogP contribution is 2.33. The molecule has 374 valence electrons. The highest BCUT2D eigenvalue weighted by Gasteiger charge is 2.31. The van der Waals surface area contributed by atoms with Crippen LogP contribution in [-0.4, -0.2) is 43.2 Å². The van der Waals surface area contributed by atoms with Gasteiger partial charge in [0.25, 0.3) is 0 Å². The maximum atomic E-state index is 14.0. The van der Waals surface area contributed by atoms with E-state index in [0.717, 1.165) is 47.8 Å². The number of hydrazine groups is 1. The van der Waals surface area contributed by atoms with Crippen molar-refractivity contribution in [3.05, 3.63) is 198 Å². The molecule has 0 aliphatic heterocycles. The van der Waals surface area contributed by atoms with Crippen LogP contribution in [0.5, 0.6) is 5.88 Å². The normalized spacial score (nSPS) is 10.9. The largest absolute Gasteiger partial charge is 0.481 e. The molecule has 4 aromatic carbocycles.